The van der Waals surface area contributed by atoms with Gasteiger partial charge < -0.3 is 10.2 Å². The van der Waals surface area contributed by atoms with Gasteiger partial charge in [0.15, 0.2) is 0 Å². The van der Waals surface area contributed by atoms with Crippen LogP contribution >= 0.6 is 11.6 Å². The highest BCUT2D eigenvalue weighted by molar-refractivity contribution is 6.30. The zero-order valence-electron chi connectivity index (χ0n) is 12.1. The van der Waals surface area contributed by atoms with Gasteiger partial charge in [-0.15, -0.1) is 0 Å². The van der Waals surface area contributed by atoms with E-state index in [-0.39, 0.29) is 5.91 Å². The Balaban J connectivity index is 2.02. The van der Waals surface area contributed by atoms with Gasteiger partial charge in [0.05, 0.1) is 0 Å². The summed E-state index contributed by atoms with van der Waals surface area (Å²) < 4.78 is 0. The van der Waals surface area contributed by atoms with Crippen molar-refractivity contribution in [3.05, 3.63) is 34.9 Å². The minimum atomic E-state index is 0.127. The molecular formula is C16H23ClN2O. The van der Waals surface area contributed by atoms with Crippen molar-refractivity contribution in [2.75, 3.05) is 26.2 Å². The first-order valence-electron chi connectivity index (χ1n) is 7.46. The zero-order valence-corrected chi connectivity index (χ0v) is 12.8. The van der Waals surface area contributed by atoms with E-state index in [1.165, 1.54) is 0 Å². The summed E-state index contributed by atoms with van der Waals surface area (Å²) in [5.41, 5.74) is 0.733. The van der Waals surface area contributed by atoms with Gasteiger partial charge in [-0.2, -0.15) is 0 Å². The van der Waals surface area contributed by atoms with Gasteiger partial charge in [-0.3, -0.25) is 4.79 Å². The van der Waals surface area contributed by atoms with Gasteiger partial charge in [0.1, 0.15) is 0 Å². The summed E-state index contributed by atoms with van der Waals surface area (Å²) in [6.07, 6.45) is 3.31. The summed E-state index contributed by atoms with van der Waals surface area (Å²) in [6.45, 7) is 5.95. The zero-order chi connectivity index (χ0) is 14.4. The highest BCUT2D eigenvalue weighted by atomic mass is 35.5. The number of nitrogens with one attached hydrogen (secondary N) is 1. The van der Waals surface area contributed by atoms with Crippen LogP contribution in [0.25, 0.3) is 0 Å². The van der Waals surface area contributed by atoms with Crippen LogP contribution in [0.3, 0.4) is 0 Å². The first kappa shape index (κ1) is 15.3. The molecule has 3 nitrogen and oxygen atoms in total. The minimum Gasteiger partial charge on any atom is -0.338 e. The van der Waals surface area contributed by atoms with E-state index in [9.17, 15) is 4.79 Å². The van der Waals surface area contributed by atoms with E-state index in [1.54, 1.807) is 12.1 Å². The standard InChI is InChI=1S/C16H23ClN2O/c1-2-11-19(12-13-7-9-18-10-8-13)16(20)14-3-5-15(17)6-4-14/h3-6,13,18H,2,7-12H2,1H3. The monoisotopic (exact) mass is 294 g/mol. The number of carbonyl (C=O) groups excluding carboxylic acids is 1. The number of rotatable bonds is 5. The lowest BCUT2D eigenvalue weighted by atomic mass is 9.97. The second-order valence-corrected chi connectivity index (χ2v) is 5.89. The molecular weight excluding hydrogens is 272 g/mol. The van der Waals surface area contributed by atoms with Crippen LogP contribution in [-0.2, 0) is 0 Å². The lowest BCUT2D eigenvalue weighted by molar-refractivity contribution is 0.0716. The SMILES string of the molecule is CCCN(CC1CCNCC1)C(=O)c1ccc(Cl)cc1. The molecule has 1 heterocycles. The van der Waals surface area contributed by atoms with E-state index in [2.05, 4.69) is 12.2 Å². The molecule has 2 rings (SSSR count). The van der Waals surface area contributed by atoms with E-state index >= 15 is 0 Å². The molecule has 4 heteroatoms. The lowest BCUT2D eigenvalue weighted by Gasteiger charge is -2.30. The van der Waals surface area contributed by atoms with Crippen molar-refractivity contribution in [3.8, 4) is 0 Å². The van der Waals surface area contributed by atoms with Crippen molar-refractivity contribution in [2.24, 2.45) is 5.92 Å². The van der Waals surface area contributed by atoms with Crippen molar-refractivity contribution < 1.29 is 4.79 Å². The Kier molecular flexibility index (Phi) is 5.86. The summed E-state index contributed by atoms with van der Waals surface area (Å²) in [5, 5.41) is 4.04. The Morgan fingerprint density at radius 2 is 1.95 bits per heavy atom. The van der Waals surface area contributed by atoms with Crippen LogP contribution in [0.5, 0.6) is 0 Å². The molecule has 0 aromatic heterocycles. The molecule has 0 saturated carbocycles. The number of hydrogen-bond donors (Lipinski definition) is 1. The number of amides is 1. The fourth-order valence-electron chi connectivity index (χ4n) is 2.70. The van der Waals surface area contributed by atoms with Gasteiger partial charge in [-0.1, -0.05) is 18.5 Å². The number of benzene rings is 1. The maximum Gasteiger partial charge on any atom is 0.253 e. The number of hydrogen-bond acceptors (Lipinski definition) is 2. The van der Waals surface area contributed by atoms with Crippen LogP contribution in [0.15, 0.2) is 24.3 Å². The van der Waals surface area contributed by atoms with Gasteiger partial charge in [0, 0.05) is 23.7 Å². The van der Waals surface area contributed by atoms with Gasteiger partial charge in [0.25, 0.3) is 5.91 Å². The number of piperidine rings is 1. The van der Waals surface area contributed by atoms with E-state index < -0.39 is 0 Å². The predicted octanol–water partition coefficient (Wildman–Crippen LogP) is 3.19. The van der Waals surface area contributed by atoms with Gasteiger partial charge in [0.2, 0.25) is 0 Å². The lowest BCUT2D eigenvalue weighted by Crippen LogP contribution is -2.39. The molecule has 0 spiro atoms. The van der Waals surface area contributed by atoms with E-state index in [4.69, 9.17) is 11.6 Å². The number of nitrogens with zero attached hydrogens (tertiary/aromatic N) is 1. The van der Waals surface area contributed by atoms with Gasteiger partial charge in [-0.25, -0.2) is 0 Å². The third kappa shape index (κ3) is 4.22. The minimum absolute atomic E-state index is 0.127. The maximum atomic E-state index is 12.6. The van der Waals surface area contributed by atoms with Crippen molar-refractivity contribution in [3.63, 3.8) is 0 Å². The molecule has 1 aliphatic heterocycles. The second-order valence-electron chi connectivity index (χ2n) is 5.45. The molecule has 0 atom stereocenters. The average molecular weight is 295 g/mol. The van der Waals surface area contributed by atoms with Gasteiger partial charge >= 0.3 is 0 Å². The maximum absolute atomic E-state index is 12.6. The molecule has 20 heavy (non-hydrogen) atoms. The Hall–Kier alpha value is -1.06. The molecule has 1 saturated heterocycles. The van der Waals surface area contributed by atoms with Crippen LogP contribution in [0.2, 0.25) is 5.02 Å². The average Bonchev–Trinajstić information content (AvgIpc) is 2.48. The molecule has 0 aliphatic carbocycles. The van der Waals surface area contributed by atoms with Crippen molar-refractivity contribution >= 4 is 17.5 Å². The Morgan fingerprint density at radius 1 is 1.30 bits per heavy atom. The number of carbonyl (C=O) groups is 1. The largest absolute Gasteiger partial charge is 0.338 e. The fourth-order valence-corrected chi connectivity index (χ4v) is 2.82. The molecule has 1 aliphatic rings. The molecule has 1 aromatic rings. The Morgan fingerprint density at radius 3 is 2.55 bits per heavy atom. The predicted molar refractivity (Wildman–Crippen MR) is 83.2 cm³/mol. The molecule has 1 fully saturated rings. The second kappa shape index (κ2) is 7.65. The molecule has 1 amide bonds. The molecule has 0 bridgehead atoms. The highest BCUT2D eigenvalue weighted by Gasteiger charge is 2.21. The quantitative estimate of drug-likeness (QED) is 0.904. The normalized spacial score (nSPS) is 16.1. The molecule has 0 radical (unpaired) electrons. The Labute approximate surface area is 126 Å². The molecule has 1 N–H and O–H groups in total. The third-order valence-electron chi connectivity index (χ3n) is 3.81. The Bertz CT molecular complexity index is 427. The van der Waals surface area contributed by atoms with Crippen molar-refractivity contribution in [2.45, 2.75) is 26.2 Å². The van der Waals surface area contributed by atoms with Crippen molar-refractivity contribution in [1.82, 2.24) is 10.2 Å². The smallest absolute Gasteiger partial charge is 0.253 e. The first-order chi connectivity index (χ1) is 9.70. The molecule has 110 valence electrons. The van der Waals surface area contributed by atoms with E-state index in [0.29, 0.717) is 10.9 Å². The highest BCUT2D eigenvalue weighted by Crippen LogP contribution is 2.17. The summed E-state index contributed by atoms with van der Waals surface area (Å²) in [7, 11) is 0. The van der Waals surface area contributed by atoms with Crippen LogP contribution < -0.4 is 5.32 Å². The van der Waals surface area contributed by atoms with Crippen LogP contribution in [0, 0.1) is 5.92 Å². The summed E-state index contributed by atoms with van der Waals surface area (Å²) in [5.74, 6) is 0.751. The summed E-state index contributed by atoms with van der Waals surface area (Å²) >= 11 is 5.88. The van der Waals surface area contributed by atoms with E-state index in [1.807, 2.05) is 17.0 Å². The molecule has 0 unspecified atom stereocenters. The van der Waals surface area contributed by atoms with Crippen molar-refractivity contribution in [1.29, 1.82) is 0 Å². The van der Waals surface area contributed by atoms with Crippen LogP contribution in [0.1, 0.15) is 36.5 Å². The number of halogens is 1. The topological polar surface area (TPSA) is 32.3 Å². The van der Waals surface area contributed by atoms with E-state index in [0.717, 1.165) is 51.0 Å². The van der Waals surface area contributed by atoms with Gasteiger partial charge in [-0.05, 0) is 62.5 Å². The van der Waals surface area contributed by atoms with Crippen LogP contribution in [-0.4, -0.2) is 37.0 Å². The fraction of sp³-hybridized carbons (Fsp3) is 0.562. The first-order valence-corrected chi connectivity index (χ1v) is 7.84. The third-order valence-corrected chi connectivity index (χ3v) is 4.06. The summed E-state index contributed by atoms with van der Waals surface area (Å²) in [4.78, 5) is 14.6. The summed E-state index contributed by atoms with van der Waals surface area (Å²) in [6, 6.07) is 7.19. The molecule has 1 aromatic carbocycles. The van der Waals surface area contributed by atoms with Crippen LogP contribution in [0.4, 0.5) is 0 Å².